The van der Waals surface area contributed by atoms with E-state index in [-0.39, 0.29) is 0 Å². The molecule has 4 heteroatoms. The Hall–Kier alpha value is -1.55. The maximum Gasteiger partial charge on any atom is 0.138 e. The van der Waals surface area contributed by atoms with Gasteiger partial charge in [-0.3, -0.25) is 0 Å². The molecule has 84 valence electrons. The SMILES string of the molecule is c1cc2cc(OC3CCNCC3)cnc2[nH]1. The van der Waals surface area contributed by atoms with E-state index in [0.717, 1.165) is 42.7 Å². The molecule has 0 saturated carbocycles. The fourth-order valence-electron chi connectivity index (χ4n) is 2.09. The Morgan fingerprint density at radius 3 is 3.06 bits per heavy atom. The van der Waals surface area contributed by atoms with Crippen molar-refractivity contribution in [1.29, 1.82) is 0 Å². The maximum absolute atomic E-state index is 5.92. The van der Waals surface area contributed by atoms with Crippen LogP contribution >= 0.6 is 0 Å². The molecular weight excluding hydrogens is 202 g/mol. The normalized spacial score (nSPS) is 17.8. The molecule has 2 aromatic rings. The molecule has 1 aliphatic heterocycles. The van der Waals surface area contributed by atoms with Crippen molar-refractivity contribution in [2.45, 2.75) is 18.9 Å². The minimum Gasteiger partial charge on any atom is -0.489 e. The largest absolute Gasteiger partial charge is 0.489 e. The molecule has 0 atom stereocenters. The Morgan fingerprint density at radius 1 is 1.31 bits per heavy atom. The molecule has 0 bridgehead atoms. The quantitative estimate of drug-likeness (QED) is 0.805. The fourth-order valence-corrected chi connectivity index (χ4v) is 2.09. The zero-order valence-corrected chi connectivity index (χ0v) is 9.07. The molecule has 0 unspecified atom stereocenters. The molecule has 1 saturated heterocycles. The monoisotopic (exact) mass is 217 g/mol. The molecule has 2 N–H and O–H groups in total. The van der Waals surface area contributed by atoms with Crippen LogP contribution in [0.25, 0.3) is 11.0 Å². The first-order valence-corrected chi connectivity index (χ1v) is 5.72. The summed E-state index contributed by atoms with van der Waals surface area (Å²) in [7, 11) is 0. The summed E-state index contributed by atoms with van der Waals surface area (Å²) >= 11 is 0. The summed E-state index contributed by atoms with van der Waals surface area (Å²) < 4.78 is 5.92. The molecule has 0 radical (unpaired) electrons. The Balaban J connectivity index is 1.77. The number of H-pyrrole nitrogens is 1. The Kier molecular flexibility index (Phi) is 2.50. The number of fused-ring (bicyclic) bond motifs is 1. The summed E-state index contributed by atoms with van der Waals surface area (Å²) in [6, 6.07) is 4.05. The number of nitrogens with one attached hydrogen (secondary N) is 2. The van der Waals surface area contributed by atoms with E-state index in [9.17, 15) is 0 Å². The molecule has 0 amide bonds. The van der Waals surface area contributed by atoms with Gasteiger partial charge in [-0.15, -0.1) is 0 Å². The highest BCUT2D eigenvalue weighted by Gasteiger charge is 2.14. The molecule has 3 heterocycles. The number of aromatic amines is 1. The third-order valence-corrected chi connectivity index (χ3v) is 2.96. The van der Waals surface area contributed by atoms with Gasteiger partial charge in [0.2, 0.25) is 0 Å². The van der Waals surface area contributed by atoms with Gasteiger partial charge in [0.05, 0.1) is 6.20 Å². The van der Waals surface area contributed by atoms with Gasteiger partial charge in [-0.2, -0.15) is 0 Å². The number of pyridine rings is 1. The number of rotatable bonds is 2. The van der Waals surface area contributed by atoms with Crippen LogP contribution in [0.4, 0.5) is 0 Å². The number of piperidine rings is 1. The van der Waals surface area contributed by atoms with Gasteiger partial charge in [0.15, 0.2) is 0 Å². The summed E-state index contributed by atoms with van der Waals surface area (Å²) in [5, 5.41) is 4.43. The molecular formula is C12H15N3O. The minimum absolute atomic E-state index is 0.333. The highest BCUT2D eigenvalue weighted by molar-refractivity contribution is 5.76. The maximum atomic E-state index is 5.92. The van der Waals surface area contributed by atoms with Gasteiger partial charge in [-0.25, -0.2) is 4.98 Å². The standard InChI is InChI=1S/C12H15N3O/c1-6-14-12-9(1)7-11(8-15-12)16-10-2-4-13-5-3-10/h1,6-8,10,13H,2-5H2,(H,14,15). The van der Waals surface area contributed by atoms with Crippen molar-refractivity contribution in [2.24, 2.45) is 0 Å². The molecule has 3 rings (SSSR count). The Morgan fingerprint density at radius 2 is 2.19 bits per heavy atom. The molecule has 0 aliphatic carbocycles. The average molecular weight is 217 g/mol. The summed E-state index contributed by atoms with van der Waals surface area (Å²) in [6.07, 6.45) is 6.17. The van der Waals surface area contributed by atoms with Gasteiger partial charge in [0, 0.05) is 11.6 Å². The fraction of sp³-hybridized carbons (Fsp3) is 0.417. The summed E-state index contributed by atoms with van der Waals surface area (Å²) in [5.74, 6) is 0.874. The summed E-state index contributed by atoms with van der Waals surface area (Å²) in [4.78, 5) is 7.38. The molecule has 2 aromatic heterocycles. The van der Waals surface area contributed by atoms with Crippen molar-refractivity contribution < 1.29 is 4.74 Å². The van der Waals surface area contributed by atoms with Crippen LogP contribution in [0.3, 0.4) is 0 Å². The van der Waals surface area contributed by atoms with Crippen LogP contribution in [0.15, 0.2) is 24.5 Å². The van der Waals surface area contributed by atoms with Gasteiger partial charge in [0.1, 0.15) is 17.5 Å². The lowest BCUT2D eigenvalue weighted by Gasteiger charge is -2.23. The first-order chi connectivity index (χ1) is 7.92. The number of hydrogen-bond donors (Lipinski definition) is 2. The van der Waals surface area contributed by atoms with E-state index in [4.69, 9.17) is 4.74 Å². The highest BCUT2D eigenvalue weighted by Crippen LogP contribution is 2.20. The number of hydrogen-bond acceptors (Lipinski definition) is 3. The van der Waals surface area contributed by atoms with Crippen molar-refractivity contribution in [2.75, 3.05) is 13.1 Å². The van der Waals surface area contributed by atoms with E-state index < -0.39 is 0 Å². The van der Waals surface area contributed by atoms with Gasteiger partial charge >= 0.3 is 0 Å². The van der Waals surface area contributed by atoms with Gasteiger partial charge in [0.25, 0.3) is 0 Å². The van der Waals surface area contributed by atoms with Gasteiger partial charge < -0.3 is 15.0 Å². The van der Waals surface area contributed by atoms with Crippen LogP contribution < -0.4 is 10.1 Å². The lowest BCUT2D eigenvalue weighted by molar-refractivity contribution is 0.162. The van der Waals surface area contributed by atoms with Crippen molar-refractivity contribution in [1.82, 2.24) is 15.3 Å². The number of nitrogens with zero attached hydrogens (tertiary/aromatic N) is 1. The van der Waals surface area contributed by atoms with Crippen molar-refractivity contribution in [3.8, 4) is 5.75 Å². The van der Waals surface area contributed by atoms with E-state index in [1.165, 1.54) is 0 Å². The van der Waals surface area contributed by atoms with Crippen LogP contribution in [0.2, 0.25) is 0 Å². The van der Waals surface area contributed by atoms with Crippen LogP contribution in [0.1, 0.15) is 12.8 Å². The van der Waals surface area contributed by atoms with E-state index in [0.29, 0.717) is 6.10 Å². The lowest BCUT2D eigenvalue weighted by atomic mass is 10.1. The van der Waals surface area contributed by atoms with Crippen molar-refractivity contribution in [3.05, 3.63) is 24.5 Å². The van der Waals surface area contributed by atoms with Crippen molar-refractivity contribution in [3.63, 3.8) is 0 Å². The van der Waals surface area contributed by atoms with Gasteiger partial charge in [-0.05, 0) is 38.1 Å². The average Bonchev–Trinajstić information content (AvgIpc) is 2.77. The van der Waals surface area contributed by atoms with Crippen LogP contribution in [-0.4, -0.2) is 29.2 Å². The minimum atomic E-state index is 0.333. The summed E-state index contributed by atoms with van der Waals surface area (Å²) in [6.45, 7) is 2.09. The lowest BCUT2D eigenvalue weighted by Crippen LogP contribution is -2.34. The van der Waals surface area contributed by atoms with Crippen LogP contribution in [0, 0.1) is 0 Å². The molecule has 0 aromatic carbocycles. The smallest absolute Gasteiger partial charge is 0.138 e. The Bertz CT molecular complexity index is 474. The first-order valence-electron chi connectivity index (χ1n) is 5.72. The summed E-state index contributed by atoms with van der Waals surface area (Å²) in [5.41, 5.74) is 0.915. The molecule has 1 aliphatic rings. The van der Waals surface area contributed by atoms with E-state index in [2.05, 4.69) is 15.3 Å². The second kappa shape index (κ2) is 4.14. The van der Waals surface area contributed by atoms with E-state index in [1.54, 1.807) is 6.20 Å². The second-order valence-corrected chi connectivity index (χ2v) is 4.15. The number of aromatic nitrogens is 2. The predicted molar refractivity (Wildman–Crippen MR) is 62.6 cm³/mol. The zero-order chi connectivity index (χ0) is 10.8. The third kappa shape index (κ3) is 1.88. The first kappa shape index (κ1) is 9.66. The number of ether oxygens (including phenoxy) is 1. The van der Waals surface area contributed by atoms with E-state index >= 15 is 0 Å². The van der Waals surface area contributed by atoms with Crippen LogP contribution in [-0.2, 0) is 0 Å². The highest BCUT2D eigenvalue weighted by atomic mass is 16.5. The molecule has 1 fully saturated rings. The molecule has 0 spiro atoms. The van der Waals surface area contributed by atoms with Crippen LogP contribution in [0.5, 0.6) is 5.75 Å². The second-order valence-electron chi connectivity index (χ2n) is 4.15. The van der Waals surface area contributed by atoms with Crippen molar-refractivity contribution >= 4 is 11.0 Å². The zero-order valence-electron chi connectivity index (χ0n) is 9.07. The predicted octanol–water partition coefficient (Wildman–Crippen LogP) is 1.69. The van der Waals surface area contributed by atoms with E-state index in [1.807, 2.05) is 18.3 Å². The van der Waals surface area contributed by atoms with Gasteiger partial charge in [-0.1, -0.05) is 0 Å². The Labute approximate surface area is 94.0 Å². The molecule has 16 heavy (non-hydrogen) atoms. The topological polar surface area (TPSA) is 49.9 Å². The third-order valence-electron chi connectivity index (χ3n) is 2.96. The molecule has 4 nitrogen and oxygen atoms in total.